The van der Waals surface area contributed by atoms with Gasteiger partial charge in [0, 0.05) is 6.08 Å². The first-order chi connectivity index (χ1) is 6.66. The lowest BCUT2D eigenvalue weighted by Gasteiger charge is -1.99. The highest BCUT2D eigenvalue weighted by atomic mass is 16.6. The summed E-state index contributed by atoms with van der Waals surface area (Å²) < 4.78 is 0. The van der Waals surface area contributed by atoms with Crippen molar-refractivity contribution >= 4 is 17.5 Å². The molecule has 0 aliphatic heterocycles. The van der Waals surface area contributed by atoms with Crippen LogP contribution in [0.4, 0.5) is 11.4 Å². The quantitative estimate of drug-likeness (QED) is 0.331. The van der Waals surface area contributed by atoms with Crippen molar-refractivity contribution in [3.05, 3.63) is 40.0 Å². The van der Waals surface area contributed by atoms with Gasteiger partial charge >= 0.3 is 0 Å². The summed E-state index contributed by atoms with van der Waals surface area (Å²) in [6.45, 7) is 0. The molecule has 0 radical (unpaired) electrons. The van der Waals surface area contributed by atoms with Crippen LogP contribution in [0.3, 0.4) is 0 Å². The Bertz CT molecular complexity index is 432. The number of rotatable bonds is 2. The van der Waals surface area contributed by atoms with Crippen molar-refractivity contribution in [2.24, 2.45) is 0 Å². The van der Waals surface area contributed by atoms with Crippen molar-refractivity contribution in [1.82, 2.24) is 0 Å². The molecule has 0 spiro atoms. The molecule has 1 aromatic rings. The normalized spacial score (nSPS) is 9.93. The fourth-order valence-electron chi connectivity index (χ4n) is 1.05. The summed E-state index contributed by atoms with van der Waals surface area (Å²) in [4.78, 5) is 10.1. The second kappa shape index (κ2) is 4.05. The predicted molar refractivity (Wildman–Crippen MR) is 52.2 cm³/mol. The van der Waals surface area contributed by atoms with E-state index < -0.39 is 4.92 Å². The number of para-hydroxylation sites is 1. The van der Waals surface area contributed by atoms with Crippen molar-refractivity contribution < 1.29 is 4.92 Å². The number of hydrogen-bond acceptors (Lipinski definition) is 4. The maximum absolute atomic E-state index is 10.6. The van der Waals surface area contributed by atoms with Crippen molar-refractivity contribution in [3.63, 3.8) is 0 Å². The van der Waals surface area contributed by atoms with E-state index in [0.29, 0.717) is 5.56 Å². The lowest BCUT2D eigenvalue weighted by molar-refractivity contribution is -0.384. The standard InChI is InChI=1S/C9H7N3O2/c10-6-2-4-7-3-1-5-8(11)9(7)12(13)14/h1-5H,11H2. The van der Waals surface area contributed by atoms with Crippen LogP contribution in [0.1, 0.15) is 5.56 Å². The third-order valence-electron chi connectivity index (χ3n) is 1.62. The number of allylic oxidation sites excluding steroid dienone is 1. The van der Waals surface area contributed by atoms with Gasteiger partial charge in [-0.2, -0.15) is 5.26 Å². The Hall–Kier alpha value is -2.35. The summed E-state index contributed by atoms with van der Waals surface area (Å²) in [5, 5.41) is 18.9. The molecule has 14 heavy (non-hydrogen) atoms. The van der Waals surface area contributed by atoms with Gasteiger partial charge in [-0.3, -0.25) is 10.1 Å². The molecule has 2 N–H and O–H groups in total. The number of nitriles is 1. The van der Waals surface area contributed by atoms with Crippen LogP contribution in [-0.4, -0.2) is 4.92 Å². The van der Waals surface area contributed by atoms with Crippen molar-refractivity contribution in [3.8, 4) is 6.07 Å². The SMILES string of the molecule is N#CC=Cc1cccc(N)c1[N+](=O)[O-]. The molecular weight excluding hydrogens is 182 g/mol. The van der Waals surface area contributed by atoms with E-state index in [1.807, 2.05) is 0 Å². The summed E-state index contributed by atoms with van der Waals surface area (Å²) in [5.41, 5.74) is 5.69. The molecule has 5 nitrogen and oxygen atoms in total. The van der Waals surface area contributed by atoms with Crippen LogP contribution in [0.2, 0.25) is 0 Å². The summed E-state index contributed by atoms with van der Waals surface area (Å²) in [5.74, 6) is 0. The molecule has 0 amide bonds. The molecule has 0 aromatic heterocycles. The molecule has 70 valence electrons. The Kier molecular flexibility index (Phi) is 2.82. The Balaban J connectivity index is 3.30. The summed E-state index contributed by atoms with van der Waals surface area (Å²) >= 11 is 0. The van der Waals surface area contributed by atoms with Crippen LogP contribution in [-0.2, 0) is 0 Å². The summed E-state index contributed by atoms with van der Waals surface area (Å²) in [6, 6.07) is 6.33. The largest absolute Gasteiger partial charge is 0.393 e. The van der Waals surface area contributed by atoms with Crippen molar-refractivity contribution in [1.29, 1.82) is 5.26 Å². The summed E-state index contributed by atoms with van der Waals surface area (Å²) in [6.07, 6.45) is 2.52. The fraction of sp³-hybridized carbons (Fsp3) is 0. The lowest BCUT2D eigenvalue weighted by atomic mass is 10.1. The van der Waals surface area contributed by atoms with Crippen LogP contribution >= 0.6 is 0 Å². The minimum Gasteiger partial charge on any atom is -0.393 e. The van der Waals surface area contributed by atoms with Crippen molar-refractivity contribution in [2.75, 3.05) is 5.73 Å². The summed E-state index contributed by atoms with van der Waals surface area (Å²) in [7, 11) is 0. The second-order valence-electron chi connectivity index (χ2n) is 2.50. The number of nitrogens with two attached hydrogens (primary N) is 1. The zero-order valence-electron chi connectivity index (χ0n) is 7.18. The van der Waals surface area contributed by atoms with Gasteiger partial charge in [-0.1, -0.05) is 6.07 Å². The average molecular weight is 189 g/mol. The third kappa shape index (κ3) is 1.87. The fourth-order valence-corrected chi connectivity index (χ4v) is 1.05. The number of nitrogen functional groups attached to an aromatic ring is 1. The minimum absolute atomic E-state index is 0.0927. The van der Waals surface area contributed by atoms with E-state index in [4.69, 9.17) is 11.0 Å². The molecule has 0 aliphatic rings. The number of nitrogens with zero attached hydrogens (tertiary/aromatic N) is 2. The third-order valence-corrected chi connectivity index (χ3v) is 1.62. The lowest BCUT2D eigenvalue weighted by Crippen LogP contribution is -1.97. The number of benzene rings is 1. The first kappa shape index (κ1) is 9.74. The predicted octanol–water partition coefficient (Wildman–Crippen LogP) is 1.71. The van der Waals surface area contributed by atoms with Gasteiger partial charge in [0.1, 0.15) is 5.69 Å². The van der Waals surface area contributed by atoms with Crippen LogP contribution in [0.25, 0.3) is 6.08 Å². The number of hydrogen-bond donors (Lipinski definition) is 1. The zero-order chi connectivity index (χ0) is 10.6. The Morgan fingerprint density at radius 2 is 2.29 bits per heavy atom. The van der Waals surface area contributed by atoms with E-state index in [-0.39, 0.29) is 11.4 Å². The van der Waals surface area contributed by atoms with E-state index in [0.717, 1.165) is 0 Å². The Labute approximate surface area is 80.2 Å². The Morgan fingerprint density at radius 3 is 2.86 bits per heavy atom. The molecule has 0 atom stereocenters. The maximum atomic E-state index is 10.6. The first-order valence-electron chi connectivity index (χ1n) is 3.76. The van der Waals surface area contributed by atoms with Gasteiger partial charge in [-0.25, -0.2) is 0 Å². The number of anilines is 1. The molecular formula is C9H7N3O2. The van der Waals surface area contributed by atoms with Gasteiger partial charge in [0.05, 0.1) is 16.6 Å². The van der Waals surface area contributed by atoms with E-state index >= 15 is 0 Å². The Morgan fingerprint density at radius 1 is 1.57 bits per heavy atom. The monoisotopic (exact) mass is 189 g/mol. The highest BCUT2D eigenvalue weighted by molar-refractivity contribution is 5.72. The van der Waals surface area contributed by atoms with Gasteiger partial charge in [0.25, 0.3) is 5.69 Å². The van der Waals surface area contributed by atoms with Crippen LogP contribution < -0.4 is 5.73 Å². The van der Waals surface area contributed by atoms with E-state index in [2.05, 4.69) is 0 Å². The van der Waals surface area contributed by atoms with E-state index in [1.165, 1.54) is 24.3 Å². The minimum atomic E-state index is -0.563. The molecule has 0 fully saturated rings. The van der Waals surface area contributed by atoms with Gasteiger partial charge in [0.15, 0.2) is 0 Å². The van der Waals surface area contributed by atoms with Crippen LogP contribution in [0, 0.1) is 21.4 Å². The molecule has 0 bridgehead atoms. The van der Waals surface area contributed by atoms with Gasteiger partial charge in [-0.15, -0.1) is 0 Å². The molecule has 1 rings (SSSR count). The molecule has 0 aliphatic carbocycles. The van der Waals surface area contributed by atoms with Gasteiger partial charge < -0.3 is 5.73 Å². The molecule has 1 aromatic carbocycles. The molecule has 0 saturated heterocycles. The van der Waals surface area contributed by atoms with Gasteiger partial charge in [-0.05, 0) is 18.2 Å². The smallest absolute Gasteiger partial charge is 0.299 e. The number of nitro benzene ring substituents is 1. The molecule has 5 heteroatoms. The van der Waals surface area contributed by atoms with Crippen molar-refractivity contribution in [2.45, 2.75) is 0 Å². The van der Waals surface area contributed by atoms with Crippen LogP contribution in [0.5, 0.6) is 0 Å². The second-order valence-corrected chi connectivity index (χ2v) is 2.50. The highest BCUT2D eigenvalue weighted by Crippen LogP contribution is 2.26. The number of nitro groups is 1. The molecule has 0 saturated carbocycles. The average Bonchev–Trinajstić information content (AvgIpc) is 2.14. The van der Waals surface area contributed by atoms with E-state index in [1.54, 1.807) is 12.1 Å². The topological polar surface area (TPSA) is 93.0 Å². The molecule has 0 heterocycles. The molecule has 0 unspecified atom stereocenters. The van der Waals surface area contributed by atoms with E-state index in [9.17, 15) is 10.1 Å². The van der Waals surface area contributed by atoms with Gasteiger partial charge in [0.2, 0.25) is 0 Å². The maximum Gasteiger partial charge on any atom is 0.299 e. The van der Waals surface area contributed by atoms with Crippen LogP contribution in [0.15, 0.2) is 24.3 Å². The zero-order valence-corrected chi connectivity index (χ0v) is 7.18. The highest BCUT2D eigenvalue weighted by Gasteiger charge is 2.14. The first-order valence-corrected chi connectivity index (χ1v) is 3.76.